The summed E-state index contributed by atoms with van der Waals surface area (Å²) in [6, 6.07) is 1.52. The second-order valence-corrected chi connectivity index (χ2v) is 4.36. The summed E-state index contributed by atoms with van der Waals surface area (Å²) in [6.45, 7) is 2.52. The number of carbonyl (C=O) groups is 1. The molecule has 0 fully saturated rings. The normalized spacial score (nSPS) is 10.1. The summed E-state index contributed by atoms with van der Waals surface area (Å²) >= 11 is 6.03. The molecule has 2 rings (SSSR count). The average molecular weight is 294 g/mol. The molecule has 2 aromatic rings. The van der Waals surface area contributed by atoms with Gasteiger partial charge >= 0.3 is 5.91 Å². The van der Waals surface area contributed by atoms with Crippen LogP contribution in [0.15, 0.2) is 37.1 Å². The topological polar surface area (TPSA) is 68.0 Å². The van der Waals surface area contributed by atoms with Crippen molar-refractivity contribution < 1.29 is 14.2 Å². The summed E-state index contributed by atoms with van der Waals surface area (Å²) in [5.74, 6) is 0.0132. The maximum absolute atomic E-state index is 12.0. The molecule has 0 aliphatic rings. The Hall–Kier alpha value is -2.21. The fourth-order valence-electron chi connectivity index (χ4n) is 1.43. The first-order valence-electron chi connectivity index (χ1n) is 6.11. The van der Waals surface area contributed by atoms with Gasteiger partial charge in [-0.15, -0.1) is 5.43 Å². The number of hydrogen-bond donors (Lipinski definition) is 1. The Kier molecular flexibility index (Phi) is 4.84. The first-order chi connectivity index (χ1) is 9.70. The van der Waals surface area contributed by atoms with Crippen molar-refractivity contribution in [1.29, 1.82) is 0 Å². The summed E-state index contributed by atoms with van der Waals surface area (Å²) in [6.07, 6.45) is 8.64. The van der Waals surface area contributed by atoms with E-state index in [9.17, 15) is 4.79 Å². The number of amides is 1. The van der Waals surface area contributed by atoms with Crippen molar-refractivity contribution in [2.45, 2.75) is 13.3 Å². The van der Waals surface area contributed by atoms with E-state index in [1.165, 1.54) is 16.9 Å². The molecule has 0 bridgehead atoms. The van der Waals surface area contributed by atoms with Crippen LogP contribution in [0.5, 0.6) is 5.88 Å². The predicted octanol–water partition coefficient (Wildman–Crippen LogP) is 1.59. The van der Waals surface area contributed by atoms with Crippen molar-refractivity contribution in [3.63, 3.8) is 0 Å². The molecular formula is C13H14ClN4O2+. The highest BCUT2D eigenvalue weighted by Gasteiger charge is 2.13. The van der Waals surface area contributed by atoms with Crippen LogP contribution >= 0.6 is 11.6 Å². The molecule has 0 saturated carbocycles. The standard InChI is InChI=1S/C13H13ClN4O2/c1-2-7-20-13-11(14)8-10(9-16-13)12(19)17-18-5-3-15-4-6-18/h3-6,8-9H,2,7H2,1H3/p+1. The molecule has 7 heteroatoms. The van der Waals surface area contributed by atoms with E-state index in [1.807, 2.05) is 6.92 Å². The summed E-state index contributed by atoms with van der Waals surface area (Å²) in [7, 11) is 0. The minimum absolute atomic E-state index is 0.311. The predicted molar refractivity (Wildman–Crippen MR) is 73.2 cm³/mol. The number of nitrogens with zero attached hydrogens (tertiary/aromatic N) is 3. The maximum Gasteiger partial charge on any atom is 0.307 e. The Labute approximate surface area is 121 Å². The van der Waals surface area contributed by atoms with Gasteiger partial charge in [0.05, 0.1) is 24.6 Å². The fourth-order valence-corrected chi connectivity index (χ4v) is 1.65. The van der Waals surface area contributed by atoms with Gasteiger partial charge in [-0.25, -0.2) is 4.98 Å². The molecule has 0 spiro atoms. The van der Waals surface area contributed by atoms with Gasteiger partial charge in [0.1, 0.15) is 5.02 Å². The van der Waals surface area contributed by atoms with Crippen LogP contribution in [0.3, 0.4) is 0 Å². The molecule has 2 aromatic heterocycles. The molecule has 104 valence electrons. The number of rotatable bonds is 5. The smallest absolute Gasteiger partial charge is 0.307 e. The zero-order valence-electron chi connectivity index (χ0n) is 10.9. The Morgan fingerprint density at radius 3 is 2.85 bits per heavy atom. The van der Waals surface area contributed by atoms with E-state index in [4.69, 9.17) is 16.3 Å². The van der Waals surface area contributed by atoms with E-state index in [-0.39, 0.29) is 5.91 Å². The molecule has 0 aromatic carbocycles. The van der Waals surface area contributed by atoms with Crippen LogP contribution in [0, 0.1) is 0 Å². The van der Waals surface area contributed by atoms with E-state index in [0.29, 0.717) is 23.1 Å². The van der Waals surface area contributed by atoms with E-state index >= 15 is 0 Å². The summed E-state index contributed by atoms with van der Waals surface area (Å²) in [4.78, 5) is 19.9. The first kappa shape index (κ1) is 14.2. The first-order valence-corrected chi connectivity index (χ1v) is 6.49. The fraction of sp³-hybridized carbons (Fsp3) is 0.231. The lowest BCUT2D eigenvalue weighted by atomic mass is 10.3. The molecule has 1 amide bonds. The molecule has 0 atom stereocenters. The average Bonchev–Trinajstić information content (AvgIpc) is 2.47. The summed E-state index contributed by atoms with van der Waals surface area (Å²) < 4.78 is 6.84. The molecule has 2 heterocycles. The zero-order chi connectivity index (χ0) is 14.4. The number of aromatic nitrogens is 3. The van der Waals surface area contributed by atoms with Gasteiger partial charge in [-0.3, -0.25) is 9.78 Å². The van der Waals surface area contributed by atoms with Gasteiger partial charge in [0.15, 0.2) is 0 Å². The van der Waals surface area contributed by atoms with Crippen molar-refractivity contribution in [3.8, 4) is 5.88 Å². The number of ether oxygens (including phenoxy) is 1. The van der Waals surface area contributed by atoms with Crippen LogP contribution in [0.2, 0.25) is 5.02 Å². The van der Waals surface area contributed by atoms with Crippen molar-refractivity contribution in [1.82, 2.24) is 9.97 Å². The summed E-state index contributed by atoms with van der Waals surface area (Å²) in [5.41, 5.74) is 3.00. The lowest BCUT2D eigenvalue weighted by Crippen LogP contribution is -2.47. The number of halogens is 1. The van der Waals surface area contributed by atoms with Crippen LogP contribution in [0.1, 0.15) is 23.7 Å². The quantitative estimate of drug-likeness (QED) is 0.850. The highest BCUT2D eigenvalue weighted by Crippen LogP contribution is 2.22. The third-order valence-corrected chi connectivity index (χ3v) is 2.64. The van der Waals surface area contributed by atoms with Gasteiger partial charge in [0.2, 0.25) is 18.3 Å². The second kappa shape index (κ2) is 6.81. The van der Waals surface area contributed by atoms with E-state index in [0.717, 1.165) is 6.42 Å². The Balaban J connectivity index is 2.09. The van der Waals surface area contributed by atoms with Crippen LogP contribution in [-0.4, -0.2) is 22.5 Å². The third kappa shape index (κ3) is 3.64. The Morgan fingerprint density at radius 2 is 2.20 bits per heavy atom. The number of pyridine rings is 1. The van der Waals surface area contributed by atoms with Crippen molar-refractivity contribution in [2.24, 2.45) is 0 Å². The van der Waals surface area contributed by atoms with Gasteiger partial charge in [0.25, 0.3) is 0 Å². The van der Waals surface area contributed by atoms with Crippen molar-refractivity contribution >= 4 is 17.5 Å². The minimum Gasteiger partial charge on any atom is -0.477 e. The lowest BCUT2D eigenvalue weighted by Gasteiger charge is -2.06. The van der Waals surface area contributed by atoms with Crippen molar-refractivity contribution in [2.75, 3.05) is 12.0 Å². The van der Waals surface area contributed by atoms with E-state index in [2.05, 4.69) is 15.4 Å². The molecule has 0 radical (unpaired) electrons. The van der Waals surface area contributed by atoms with Crippen LogP contribution in [-0.2, 0) is 0 Å². The van der Waals surface area contributed by atoms with Crippen LogP contribution < -0.4 is 14.8 Å². The third-order valence-electron chi connectivity index (χ3n) is 2.37. The summed E-state index contributed by atoms with van der Waals surface area (Å²) in [5, 5.41) is 0.311. The molecule has 0 aliphatic carbocycles. The maximum atomic E-state index is 12.0. The molecule has 20 heavy (non-hydrogen) atoms. The second-order valence-electron chi connectivity index (χ2n) is 3.95. The largest absolute Gasteiger partial charge is 0.477 e. The molecular weight excluding hydrogens is 280 g/mol. The van der Waals surface area contributed by atoms with Gasteiger partial charge in [-0.1, -0.05) is 23.2 Å². The van der Waals surface area contributed by atoms with Crippen molar-refractivity contribution in [3.05, 3.63) is 47.6 Å². The van der Waals surface area contributed by atoms with Gasteiger partial charge in [-0.2, -0.15) is 0 Å². The number of nitrogens with one attached hydrogen (secondary N) is 1. The SMILES string of the molecule is CCCOc1ncc(C(=O)N[n+]2ccncc2)cc1Cl. The Bertz CT molecular complexity index is 592. The highest BCUT2D eigenvalue weighted by atomic mass is 35.5. The molecule has 0 saturated heterocycles. The number of carbonyl (C=O) groups excluding carboxylic acids is 1. The van der Waals surface area contributed by atoms with E-state index in [1.54, 1.807) is 24.8 Å². The van der Waals surface area contributed by atoms with Crippen LogP contribution in [0.4, 0.5) is 0 Å². The van der Waals surface area contributed by atoms with Gasteiger partial charge in [-0.05, 0) is 12.5 Å². The molecule has 6 nitrogen and oxygen atoms in total. The number of hydrogen-bond acceptors (Lipinski definition) is 4. The van der Waals surface area contributed by atoms with Gasteiger partial charge < -0.3 is 4.74 Å². The van der Waals surface area contributed by atoms with Gasteiger partial charge in [0, 0.05) is 6.20 Å². The lowest BCUT2D eigenvalue weighted by molar-refractivity contribution is -0.641. The zero-order valence-corrected chi connectivity index (χ0v) is 11.7. The van der Waals surface area contributed by atoms with Crippen LogP contribution in [0.25, 0.3) is 0 Å². The molecule has 1 N–H and O–H groups in total. The Morgan fingerprint density at radius 1 is 1.45 bits per heavy atom. The minimum atomic E-state index is -0.322. The molecule has 0 aliphatic heterocycles. The molecule has 0 unspecified atom stereocenters. The van der Waals surface area contributed by atoms with E-state index < -0.39 is 0 Å². The highest BCUT2D eigenvalue weighted by molar-refractivity contribution is 6.32. The monoisotopic (exact) mass is 293 g/mol.